The van der Waals surface area contributed by atoms with Gasteiger partial charge in [0, 0.05) is 23.9 Å². The second kappa shape index (κ2) is 10.6. The molecule has 8 nitrogen and oxygen atoms in total. The van der Waals surface area contributed by atoms with Crippen LogP contribution in [0.3, 0.4) is 0 Å². The number of anilines is 1. The highest BCUT2D eigenvalue weighted by Crippen LogP contribution is 2.35. The number of aromatic nitrogens is 2. The number of thioether (sulfide) groups is 1. The van der Waals surface area contributed by atoms with E-state index in [2.05, 4.69) is 15.6 Å². The predicted molar refractivity (Wildman–Crippen MR) is 123 cm³/mol. The summed E-state index contributed by atoms with van der Waals surface area (Å²) in [4.78, 5) is 28.6. The SMILES string of the molecule is CCn1c(-c2ccc3c(c2)OCCO3)cnc1SCC(=O)NCC(=O)Nc1ccc(F)c(F)c1. The van der Waals surface area contributed by atoms with Crippen molar-refractivity contribution in [3.05, 3.63) is 54.2 Å². The number of imidazole rings is 1. The highest BCUT2D eigenvalue weighted by atomic mass is 32.2. The third kappa shape index (κ3) is 5.48. The van der Waals surface area contributed by atoms with E-state index in [1.807, 2.05) is 29.7 Å². The molecule has 0 fully saturated rings. The molecule has 0 radical (unpaired) electrons. The molecule has 0 spiro atoms. The summed E-state index contributed by atoms with van der Waals surface area (Å²) in [5.41, 5.74) is 1.90. The fourth-order valence-corrected chi connectivity index (χ4v) is 4.22. The first-order valence-electron chi connectivity index (χ1n) is 10.5. The number of halogens is 2. The highest BCUT2D eigenvalue weighted by molar-refractivity contribution is 7.99. The van der Waals surface area contributed by atoms with Crippen molar-refractivity contribution < 1.29 is 27.8 Å². The van der Waals surface area contributed by atoms with Crippen LogP contribution in [-0.2, 0) is 16.1 Å². The standard InChI is InChI=1S/C23H22F2N4O4S/c1-2-29-18(14-3-6-19-20(9-14)33-8-7-32-19)11-27-23(29)34-13-22(31)26-12-21(30)28-15-4-5-16(24)17(25)10-15/h3-6,9-11H,2,7-8,12-13H2,1H3,(H,26,31)(H,28,30). The molecule has 0 saturated heterocycles. The quantitative estimate of drug-likeness (QED) is 0.472. The Morgan fingerprint density at radius 3 is 2.62 bits per heavy atom. The molecule has 0 aliphatic carbocycles. The first-order valence-corrected chi connectivity index (χ1v) is 11.5. The molecule has 2 N–H and O–H groups in total. The molecule has 2 aromatic carbocycles. The van der Waals surface area contributed by atoms with Crippen LogP contribution in [0.2, 0.25) is 0 Å². The molecule has 2 amide bonds. The molecule has 178 valence electrons. The van der Waals surface area contributed by atoms with E-state index in [9.17, 15) is 18.4 Å². The zero-order valence-electron chi connectivity index (χ0n) is 18.3. The average molecular weight is 489 g/mol. The molecule has 1 aromatic heterocycles. The van der Waals surface area contributed by atoms with E-state index >= 15 is 0 Å². The van der Waals surface area contributed by atoms with Gasteiger partial charge in [0.1, 0.15) is 13.2 Å². The molecule has 0 unspecified atom stereocenters. The van der Waals surface area contributed by atoms with Crippen molar-refractivity contribution in [3.8, 4) is 22.8 Å². The maximum Gasteiger partial charge on any atom is 0.243 e. The minimum atomic E-state index is -1.07. The Bertz CT molecular complexity index is 1220. The van der Waals surface area contributed by atoms with Gasteiger partial charge in [-0.05, 0) is 37.3 Å². The van der Waals surface area contributed by atoms with E-state index in [1.54, 1.807) is 6.20 Å². The maximum absolute atomic E-state index is 13.2. The summed E-state index contributed by atoms with van der Waals surface area (Å²) < 4.78 is 39.4. The Morgan fingerprint density at radius 2 is 1.85 bits per heavy atom. The van der Waals surface area contributed by atoms with E-state index in [0.717, 1.165) is 23.4 Å². The topological polar surface area (TPSA) is 94.5 Å². The van der Waals surface area contributed by atoms with Gasteiger partial charge >= 0.3 is 0 Å². The summed E-state index contributed by atoms with van der Waals surface area (Å²) in [5.74, 6) is -1.56. The molecule has 11 heteroatoms. The number of carbonyl (C=O) groups is 2. The van der Waals surface area contributed by atoms with Crippen molar-refractivity contribution in [1.29, 1.82) is 0 Å². The number of hydrogen-bond acceptors (Lipinski definition) is 6. The van der Waals surface area contributed by atoms with Crippen molar-refractivity contribution in [2.45, 2.75) is 18.6 Å². The first-order chi connectivity index (χ1) is 16.4. The van der Waals surface area contributed by atoms with E-state index in [0.29, 0.717) is 36.4 Å². The van der Waals surface area contributed by atoms with E-state index in [4.69, 9.17) is 9.47 Å². The zero-order valence-corrected chi connectivity index (χ0v) is 19.1. The summed E-state index contributed by atoms with van der Waals surface area (Å²) in [5, 5.41) is 5.56. The van der Waals surface area contributed by atoms with Crippen LogP contribution in [0.1, 0.15) is 6.92 Å². The predicted octanol–water partition coefficient (Wildman–Crippen LogP) is 3.47. The molecule has 2 heterocycles. The Morgan fingerprint density at radius 1 is 1.06 bits per heavy atom. The van der Waals surface area contributed by atoms with Gasteiger partial charge in [0.05, 0.1) is 24.2 Å². The number of fused-ring (bicyclic) bond motifs is 1. The Labute approximate surface area is 198 Å². The number of rotatable bonds is 8. The van der Waals surface area contributed by atoms with Crippen molar-refractivity contribution >= 4 is 29.3 Å². The number of nitrogens with zero attached hydrogens (tertiary/aromatic N) is 2. The van der Waals surface area contributed by atoms with Crippen LogP contribution >= 0.6 is 11.8 Å². The normalized spacial score (nSPS) is 12.3. The van der Waals surface area contributed by atoms with Crippen LogP contribution < -0.4 is 20.1 Å². The number of ether oxygens (including phenoxy) is 2. The molecule has 0 saturated carbocycles. The fourth-order valence-electron chi connectivity index (χ4n) is 3.35. The summed E-state index contributed by atoms with van der Waals surface area (Å²) in [6.07, 6.45) is 1.74. The van der Waals surface area contributed by atoms with Gasteiger partial charge in [-0.15, -0.1) is 0 Å². The summed E-state index contributed by atoms with van der Waals surface area (Å²) in [7, 11) is 0. The molecular weight excluding hydrogens is 466 g/mol. The number of hydrogen-bond donors (Lipinski definition) is 2. The lowest BCUT2D eigenvalue weighted by Crippen LogP contribution is -2.34. The third-order valence-electron chi connectivity index (χ3n) is 4.95. The number of carbonyl (C=O) groups excluding carboxylic acids is 2. The van der Waals surface area contributed by atoms with Crippen molar-refractivity contribution in [3.63, 3.8) is 0 Å². The van der Waals surface area contributed by atoms with E-state index in [-0.39, 0.29) is 23.9 Å². The van der Waals surface area contributed by atoms with Gasteiger partial charge < -0.3 is 24.7 Å². The highest BCUT2D eigenvalue weighted by Gasteiger charge is 2.17. The lowest BCUT2D eigenvalue weighted by Gasteiger charge is -2.19. The van der Waals surface area contributed by atoms with Crippen molar-refractivity contribution in [2.24, 2.45) is 0 Å². The second-order valence-electron chi connectivity index (χ2n) is 7.27. The van der Waals surface area contributed by atoms with Crippen LogP contribution in [-0.4, -0.2) is 46.9 Å². The molecular formula is C23H22F2N4O4S. The fraction of sp³-hybridized carbons (Fsp3) is 0.261. The number of nitrogens with one attached hydrogen (secondary N) is 2. The van der Waals surface area contributed by atoms with Gasteiger partial charge in [-0.1, -0.05) is 11.8 Å². The first kappa shape index (κ1) is 23.6. The molecule has 3 aromatic rings. The second-order valence-corrected chi connectivity index (χ2v) is 8.21. The lowest BCUT2D eigenvalue weighted by molar-refractivity contribution is -0.122. The van der Waals surface area contributed by atoms with Gasteiger partial charge in [-0.2, -0.15) is 0 Å². The van der Waals surface area contributed by atoms with Gasteiger partial charge in [0.15, 0.2) is 28.3 Å². The summed E-state index contributed by atoms with van der Waals surface area (Å²) in [6.45, 7) is 3.34. The van der Waals surface area contributed by atoms with E-state index < -0.39 is 17.5 Å². The maximum atomic E-state index is 13.2. The van der Waals surface area contributed by atoms with Crippen LogP contribution in [0.4, 0.5) is 14.5 Å². The van der Waals surface area contributed by atoms with Crippen LogP contribution in [0, 0.1) is 11.6 Å². The molecule has 0 bridgehead atoms. The smallest absolute Gasteiger partial charge is 0.243 e. The molecule has 4 rings (SSSR count). The largest absolute Gasteiger partial charge is 0.486 e. The average Bonchev–Trinajstić information content (AvgIpc) is 3.26. The van der Waals surface area contributed by atoms with Crippen molar-refractivity contribution in [2.75, 3.05) is 30.8 Å². The molecule has 34 heavy (non-hydrogen) atoms. The molecule has 1 aliphatic rings. The van der Waals surface area contributed by atoms with Gasteiger partial charge in [0.25, 0.3) is 0 Å². The van der Waals surface area contributed by atoms with Gasteiger partial charge in [0.2, 0.25) is 11.8 Å². The van der Waals surface area contributed by atoms with Crippen LogP contribution in [0.15, 0.2) is 47.8 Å². The minimum absolute atomic E-state index is 0.0516. The van der Waals surface area contributed by atoms with Crippen LogP contribution in [0.25, 0.3) is 11.3 Å². The third-order valence-corrected chi connectivity index (χ3v) is 5.95. The van der Waals surface area contributed by atoms with Gasteiger partial charge in [-0.25, -0.2) is 13.8 Å². The summed E-state index contributed by atoms with van der Waals surface area (Å²) >= 11 is 1.24. The summed E-state index contributed by atoms with van der Waals surface area (Å²) in [6, 6.07) is 8.72. The minimum Gasteiger partial charge on any atom is -0.486 e. The Hall–Kier alpha value is -3.60. The van der Waals surface area contributed by atoms with Gasteiger partial charge in [-0.3, -0.25) is 9.59 Å². The van der Waals surface area contributed by atoms with Crippen LogP contribution in [0.5, 0.6) is 11.5 Å². The monoisotopic (exact) mass is 488 g/mol. The number of benzene rings is 2. The molecule has 1 aliphatic heterocycles. The Balaban J connectivity index is 1.32. The molecule has 0 atom stereocenters. The van der Waals surface area contributed by atoms with Crippen molar-refractivity contribution in [1.82, 2.24) is 14.9 Å². The van der Waals surface area contributed by atoms with E-state index in [1.165, 1.54) is 17.8 Å². The zero-order chi connectivity index (χ0) is 24.1. The number of amides is 2. The Kier molecular flexibility index (Phi) is 7.31. The lowest BCUT2D eigenvalue weighted by atomic mass is 10.1.